The predicted octanol–water partition coefficient (Wildman–Crippen LogP) is 0.532. The summed E-state index contributed by atoms with van der Waals surface area (Å²) < 4.78 is 0. The third kappa shape index (κ3) is 1.54. The molecular formula is C6H12N4. The second-order valence-corrected chi connectivity index (χ2v) is 2.18. The van der Waals surface area contributed by atoms with Crippen molar-refractivity contribution < 1.29 is 0 Å². The molecular weight excluding hydrogens is 128 g/mol. The maximum atomic E-state index is 5.42. The zero-order valence-electron chi connectivity index (χ0n) is 6.12. The monoisotopic (exact) mass is 140 g/mol. The molecule has 1 rings (SSSR count). The topological polar surface area (TPSA) is 54.0 Å². The average Bonchev–Trinajstić information content (AvgIpc) is 2.05. The standard InChI is InChI=1S/C6H12N4/c1-2-10-5-6(3-7)4-8-9-10/h4H,2-3,5,7H2,1H3. The smallest absolute Gasteiger partial charge is 0.0618 e. The summed E-state index contributed by atoms with van der Waals surface area (Å²) in [5.74, 6) is 0. The highest BCUT2D eigenvalue weighted by Crippen LogP contribution is 2.04. The van der Waals surface area contributed by atoms with Gasteiger partial charge in [-0.25, -0.2) is 0 Å². The minimum Gasteiger partial charge on any atom is -0.327 e. The van der Waals surface area contributed by atoms with Gasteiger partial charge in [0.15, 0.2) is 0 Å². The molecule has 0 atom stereocenters. The first-order chi connectivity index (χ1) is 4.86. The molecule has 1 aliphatic heterocycles. The Morgan fingerprint density at radius 3 is 3.20 bits per heavy atom. The quantitative estimate of drug-likeness (QED) is 0.608. The Balaban J connectivity index is 2.50. The SMILES string of the molecule is CCN1CC(CN)=CN=N1. The zero-order valence-corrected chi connectivity index (χ0v) is 6.12. The molecule has 2 N–H and O–H groups in total. The fraction of sp³-hybridized carbons (Fsp3) is 0.667. The Kier molecular flexibility index (Phi) is 2.39. The number of likely N-dealkylation sites (N-methyl/N-ethyl adjacent to an activating group) is 1. The van der Waals surface area contributed by atoms with Gasteiger partial charge in [0.25, 0.3) is 0 Å². The van der Waals surface area contributed by atoms with E-state index in [-0.39, 0.29) is 0 Å². The summed E-state index contributed by atoms with van der Waals surface area (Å²) >= 11 is 0. The predicted molar refractivity (Wildman–Crippen MR) is 39.2 cm³/mol. The van der Waals surface area contributed by atoms with Gasteiger partial charge in [-0.15, -0.1) is 5.11 Å². The summed E-state index contributed by atoms with van der Waals surface area (Å²) in [6, 6.07) is 0. The van der Waals surface area contributed by atoms with Crippen molar-refractivity contribution in [3.05, 3.63) is 11.8 Å². The maximum Gasteiger partial charge on any atom is 0.0618 e. The van der Waals surface area contributed by atoms with Gasteiger partial charge in [-0.3, -0.25) is 5.01 Å². The Morgan fingerprint density at radius 2 is 2.60 bits per heavy atom. The van der Waals surface area contributed by atoms with Crippen LogP contribution in [0.1, 0.15) is 6.92 Å². The minimum absolute atomic E-state index is 0.579. The van der Waals surface area contributed by atoms with E-state index in [9.17, 15) is 0 Å². The van der Waals surface area contributed by atoms with E-state index in [2.05, 4.69) is 10.3 Å². The lowest BCUT2D eigenvalue weighted by Gasteiger charge is -2.18. The van der Waals surface area contributed by atoms with Crippen molar-refractivity contribution >= 4 is 0 Å². The van der Waals surface area contributed by atoms with E-state index in [4.69, 9.17) is 5.73 Å². The van der Waals surface area contributed by atoms with E-state index in [1.165, 1.54) is 0 Å². The van der Waals surface area contributed by atoms with Crippen LogP contribution in [0, 0.1) is 0 Å². The molecule has 0 saturated carbocycles. The van der Waals surface area contributed by atoms with Gasteiger partial charge in [0.05, 0.1) is 12.7 Å². The number of hydrogen-bond donors (Lipinski definition) is 1. The molecule has 0 aromatic rings. The third-order valence-electron chi connectivity index (χ3n) is 1.43. The van der Waals surface area contributed by atoms with Crippen LogP contribution in [0.25, 0.3) is 0 Å². The summed E-state index contributed by atoms with van der Waals surface area (Å²) in [5, 5.41) is 9.54. The molecule has 0 saturated heterocycles. The number of nitrogens with two attached hydrogens (primary N) is 1. The van der Waals surface area contributed by atoms with Gasteiger partial charge in [-0.1, -0.05) is 5.22 Å². The fourth-order valence-electron chi connectivity index (χ4n) is 0.780. The highest BCUT2D eigenvalue weighted by molar-refractivity contribution is 5.05. The summed E-state index contributed by atoms with van der Waals surface area (Å²) in [6.07, 6.45) is 1.73. The average molecular weight is 140 g/mol. The molecule has 4 nitrogen and oxygen atoms in total. The Morgan fingerprint density at radius 1 is 1.80 bits per heavy atom. The van der Waals surface area contributed by atoms with Crippen LogP contribution in [0.2, 0.25) is 0 Å². The molecule has 10 heavy (non-hydrogen) atoms. The molecule has 0 fully saturated rings. The normalized spacial score (nSPS) is 17.4. The molecule has 0 unspecified atom stereocenters. The van der Waals surface area contributed by atoms with Gasteiger partial charge in [-0.05, 0) is 12.5 Å². The summed E-state index contributed by atoms with van der Waals surface area (Å²) in [4.78, 5) is 0. The summed E-state index contributed by atoms with van der Waals surface area (Å²) in [5.41, 5.74) is 6.56. The summed E-state index contributed by atoms with van der Waals surface area (Å²) in [6.45, 7) is 4.34. The fourth-order valence-corrected chi connectivity index (χ4v) is 0.780. The number of nitrogens with zero attached hydrogens (tertiary/aromatic N) is 3. The van der Waals surface area contributed by atoms with Crippen molar-refractivity contribution in [3.8, 4) is 0 Å². The minimum atomic E-state index is 0.579. The van der Waals surface area contributed by atoms with Crippen molar-refractivity contribution in [2.24, 2.45) is 16.1 Å². The van der Waals surface area contributed by atoms with Crippen molar-refractivity contribution in [1.29, 1.82) is 0 Å². The van der Waals surface area contributed by atoms with Crippen LogP contribution in [0.4, 0.5) is 0 Å². The molecule has 0 spiro atoms. The maximum absolute atomic E-state index is 5.42. The Hall–Kier alpha value is -0.900. The van der Waals surface area contributed by atoms with Gasteiger partial charge in [-0.2, -0.15) is 0 Å². The van der Waals surface area contributed by atoms with Crippen molar-refractivity contribution in [2.75, 3.05) is 19.6 Å². The molecule has 4 heteroatoms. The van der Waals surface area contributed by atoms with E-state index in [1.807, 2.05) is 11.9 Å². The molecule has 0 aromatic heterocycles. The molecule has 56 valence electrons. The van der Waals surface area contributed by atoms with Gasteiger partial charge >= 0.3 is 0 Å². The van der Waals surface area contributed by atoms with Crippen LogP contribution in [-0.4, -0.2) is 24.6 Å². The van der Waals surface area contributed by atoms with E-state index in [0.29, 0.717) is 6.54 Å². The van der Waals surface area contributed by atoms with Crippen LogP contribution >= 0.6 is 0 Å². The molecule has 0 aliphatic carbocycles. The highest BCUT2D eigenvalue weighted by Gasteiger charge is 2.04. The first-order valence-corrected chi connectivity index (χ1v) is 3.40. The second kappa shape index (κ2) is 3.31. The van der Waals surface area contributed by atoms with Crippen LogP contribution in [0.3, 0.4) is 0 Å². The lowest BCUT2D eigenvalue weighted by Crippen LogP contribution is -2.24. The third-order valence-corrected chi connectivity index (χ3v) is 1.43. The van der Waals surface area contributed by atoms with Crippen molar-refractivity contribution in [3.63, 3.8) is 0 Å². The first-order valence-electron chi connectivity index (χ1n) is 3.40. The van der Waals surface area contributed by atoms with E-state index in [1.54, 1.807) is 6.20 Å². The molecule has 1 heterocycles. The van der Waals surface area contributed by atoms with E-state index in [0.717, 1.165) is 18.7 Å². The number of rotatable bonds is 2. The van der Waals surface area contributed by atoms with E-state index >= 15 is 0 Å². The largest absolute Gasteiger partial charge is 0.327 e. The summed E-state index contributed by atoms with van der Waals surface area (Å²) in [7, 11) is 0. The first kappa shape index (κ1) is 7.21. The van der Waals surface area contributed by atoms with Crippen LogP contribution in [0.15, 0.2) is 22.1 Å². The Labute approximate surface area is 60.4 Å². The molecule has 0 aromatic carbocycles. The van der Waals surface area contributed by atoms with Crippen molar-refractivity contribution in [1.82, 2.24) is 5.01 Å². The lowest BCUT2D eigenvalue weighted by atomic mass is 10.3. The number of hydrogen-bond acceptors (Lipinski definition) is 4. The van der Waals surface area contributed by atoms with Crippen LogP contribution in [0.5, 0.6) is 0 Å². The second-order valence-electron chi connectivity index (χ2n) is 2.18. The highest BCUT2D eigenvalue weighted by atomic mass is 15.5. The van der Waals surface area contributed by atoms with E-state index < -0.39 is 0 Å². The lowest BCUT2D eigenvalue weighted by molar-refractivity contribution is 0.298. The molecule has 0 amide bonds. The molecule has 0 bridgehead atoms. The molecule has 0 radical (unpaired) electrons. The molecule has 1 aliphatic rings. The van der Waals surface area contributed by atoms with Gasteiger partial charge in [0, 0.05) is 13.1 Å². The van der Waals surface area contributed by atoms with Crippen LogP contribution < -0.4 is 5.73 Å². The van der Waals surface area contributed by atoms with Gasteiger partial charge in [0.1, 0.15) is 0 Å². The van der Waals surface area contributed by atoms with Gasteiger partial charge in [0.2, 0.25) is 0 Å². The van der Waals surface area contributed by atoms with Crippen molar-refractivity contribution in [2.45, 2.75) is 6.92 Å². The van der Waals surface area contributed by atoms with Crippen LogP contribution in [-0.2, 0) is 0 Å². The zero-order chi connectivity index (χ0) is 7.40. The van der Waals surface area contributed by atoms with Gasteiger partial charge < -0.3 is 5.73 Å². The Bertz CT molecular complexity index is 161.